The maximum absolute atomic E-state index is 10.7. The summed E-state index contributed by atoms with van der Waals surface area (Å²) in [6.45, 7) is 0. The van der Waals surface area contributed by atoms with Crippen molar-refractivity contribution in [2.75, 3.05) is 0 Å². The lowest BCUT2D eigenvalue weighted by Crippen LogP contribution is -1.91. The van der Waals surface area contributed by atoms with Gasteiger partial charge in [-0.2, -0.15) is 0 Å². The van der Waals surface area contributed by atoms with E-state index in [2.05, 4.69) is 0 Å². The van der Waals surface area contributed by atoms with E-state index in [4.69, 9.17) is 9.47 Å². The lowest BCUT2D eigenvalue weighted by molar-refractivity contribution is -0.386. The Morgan fingerprint density at radius 3 is 1.39 bits per heavy atom. The minimum atomic E-state index is -0.715. The molecule has 0 aromatic heterocycles. The normalized spacial score (nSPS) is 10.3. The summed E-state index contributed by atoms with van der Waals surface area (Å²) in [5, 5.41) is 40.8. The molecule has 0 atom stereocenters. The molecule has 10 heteroatoms. The van der Waals surface area contributed by atoms with Gasteiger partial charge in [0.1, 0.15) is 23.0 Å². The zero-order valence-electron chi connectivity index (χ0n) is 14.0. The third kappa shape index (κ3) is 4.07. The van der Waals surface area contributed by atoms with Gasteiger partial charge >= 0.3 is 11.4 Å². The highest BCUT2D eigenvalue weighted by Gasteiger charge is 2.15. The van der Waals surface area contributed by atoms with Crippen LogP contribution in [-0.4, -0.2) is 20.1 Å². The van der Waals surface area contributed by atoms with E-state index in [1.54, 1.807) is 18.2 Å². The first-order valence-electron chi connectivity index (χ1n) is 7.74. The number of aromatic hydroxyl groups is 2. The fourth-order valence-corrected chi connectivity index (χ4v) is 2.32. The summed E-state index contributed by atoms with van der Waals surface area (Å²) in [7, 11) is 0. The Balaban J connectivity index is 1.77. The van der Waals surface area contributed by atoms with Gasteiger partial charge in [-0.3, -0.25) is 20.2 Å². The Labute approximate surface area is 157 Å². The van der Waals surface area contributed by atoms with Gasteiger partial charge < -0.3 is 19.7 Å². The van der Waals surface area contributed by atoms with Crippen molar-refractivity contribution in [1.29, 1.82) is 0 Å². The smallest absolute Gasteiger partial charge is 0.310 e. The maximum Gasteiger partial charge on any atom is 0.310 e. The number of nitrogens with zero attached hydrogens (tertiary/aromatic N) is 2. The van der Waals surface area contributed by atoms with Crippen molar-refractivity contribution in [1.82, 2.24) is 0 Å². The Morgan fingerprint density at radius 1 is 0.643 bits per heavy atom. The second-order valence-electron chi connectivity index (χ2n) is 5.49. The Kier molecular flexibility index (Phi) is 4.94. The summed E-state index contributed by atoms with van der Waals surface area (Å²) >= 11 is 0. The zero-order chi connectivity index (χ0) is 20.3. The maximum atomic E-state index is 10.7. The summed E-state index contributed by atoms with van der Waals surface area (Å²) in [4.78, 5) is 20.0. The van der Waals surface area contributed by atoms with E-state index < -0.39 is 32.7 Å². The van der Waals surface area contributed by atoms with Gasteiger partial charge in [-0.25, -0.2) is 0 Å². The molecule has 0 radical (unpaired) electrons. The first kappa shape index (κ1) is 18.5. The number of nitro groups is 2. The number of phenolic OH excluding ortho intramolecular Hbond substituents is 2. The standard InChI is InChI=1S/C18H12N2O8/c21-17-9-13(4-6-15(17)19(23)24)27-11-2-1-3-12(8-11)28-14-5-7-16(20(25)26)18(22)10-14/h1-10,21-22H. The summed E-state index contributed by atoms with van der Waals surface area (Å²) in [6.07, 6.45) is 0. The fraction of sp³-hybridized carbons (Fsp3) is 0. The van der Waals surface area contributed by atoms with E-state index >= 15 is 0 Å². The highest BCUT2D eigenvalue weighted by Crippen LogP contribution is 2.35. The molecule has 0 aliphatic heterocycles. The molecule has 3 aromatic rings. The quantitative estimate of drug-likeness (QED) is 0.467. The molecule has 28 heavy (non-hydrogen) atoms. The lowest BCUT2D eigenvalue weighted by atomic mass is 10.2. The molecular weight excluding hydrogens is 372 g/mol. The minimum Gasteiger partial charge on any atom is -0.502 e. The second kappa shape index (κ2) is 7.50. The number of ether oxygens (including phenoxy) is 2. The van der Waals surface area contributed by atoms with Gasteiger partial charge in [-0.1, -0.05) is 6.07 Å². The molecule has 2 N–H and O–H groups in total. The van der Waals surface area contributed by atoms with Crippen molar-refractivity contribution in [2.24, 2.45) is 0 Å². The largest absolute Gasteiger partial charge is 0.502 e. The van der Waals surface area contributed by atoms with Crippen molar-refractivity contribution >= 4 is 11.4 Å². The van der Waals surface area contributed by atoms with Crippen LogP contribution >= 0.6 is 0 Å². The van der Waals surface area contributed by atoms with E-state index in [9.17, 15) is 30.4 Å². The molecule has 0 spiro atoms. The van der Waals surface area contributed by atoms with E-state index in [0.717, 1.165) is 24.3 Å². The van der Waals surface area contributed by atoms with Crippen molar-refractivity contribution in [3.63, 3.8) is 0 Å². The minimum absolute atomic E-state index is 0.174. The number of benzene rings is 3. The molecule has 0 unspecified atom stereocenters. The van der Waals surface area contributed by atoms with Crippen molar-refractivity contribution in [2.45, 2.75) is 0 Å². The van der Waals surface area contributed by atoms with Crippen LogP contribution in [0, 0.1) is 20.2 Å². The lowest BCUT2D eigenvalue weighted by Gasteiger charge is -2.09. The summed E-state index contributed by atoms with van der Waals surface area (Å²) < 4.78 is 11.1. The van der Waals surface area contributed by atoms with E-state index in [0.29, 0.717) is 11.5 Å². The highest BCUT2D eigenvalue weighted by molar-refractivity contribution is 5.52. The monoisotopic (exact) mass is 384 g/mol. The van der Waals surface area contributed by atoms with Gasteiger partial charge in [0, 0.05) is 30.3 Å². The summed E-state index contributed by atoms with van der Waals surface area (Å²) in [6, 6.07) is 13.4. The molecule has 0 amide bonds. The van der Waals surface area contributed by atoms with Crippen LogP contribution in [0.15, 0.2) is 60.7 Å². The van der Waals surface area contributed by atoms with Crippen LogP contribution in [0.1, 0.15) is 0 Å². The third-order valence-corrected chi connectivity index (χ3v) is 3.56. The molecule has 0 saturated carbocycles. The Morgan fingerprint density at radius 2 is 1.04 bits per heavy atom. The van der Waals surface area contributed by atoms with Crippen LogP contribution in [0.4, 0.5) is 11.4 Å². The van der Waals surface area contributed by atoms with Crippen LogP contribution in [0.5, 0.6) is 34.5 Å². The fourth-order valence-electron chi connectivity index (χ4n) is 2.32. The van der Waals surface area contributed by atoms with Crippen LogP contribution in [0.2, 0.25) is 0 Å². The number of nitro benzene ring substituents is 2. The summed E-state index contributed by atoms with van der Waals surface area (Å²) in [5.74, 6) is -0.0808. The molecule has 0 bridgehead atoms. The van der Waals surface area contributed by atoms with Crippen molar-refractivity contribution < 1.29 is 29.5 Å². The predicted molar refractivity (Wildman–Crippen MR) is 96.1 cm³/mol. The van der Waals surface area contributed by atoms with Gasteiger partial charge in [0.15, 0.2) is 11.5 Å². The number of hydrogen-bond donors (Lipinski definition) is 2. The van der Waals surface area contributed by atoms with E-state index in [-0.39, 0.29) is 11.5 Å². The first-order chi connectivity index (χ1) is 13.3. The van der Waals surface area contributed by atoms with Gasteiger partial charge in [-0.15, -0.1) is 0 Å². The molecule has 0 aliphatic rings. The average molecular weight is 384 g/mol. The van der Waals surface area contributed by atoms with Crippen LogP contribution in [0.25, 0.3) is 0 Å². The SMILES string of the molecule is O=[N+]([O-])c1ccc(Oc2cccc(Oc3ccc([N+](=O)[O-])c(O)c3)c2)cc1O. The van der Waals surface area contributed by atoms with Crippen LogP contribution in [0.3, 0.4) is 0 Å². The van der Waals surface area contributed by atoms with Gasteiger partial charge in [-0.05, 0) is 24.3 Å². The molecule has 142 valence electrons. The molecule has 3 aromatic carbocycles. The third-order valence-electron chi connectivity index (χ3n) is 3.56. The predicted octanol–water partition coefficient (Wildman–Crippen LogP) is 4.50. The van der Waals surface area contributed by atoms with Gasteiger partial charge in [0.25, 0.3) is 0 Å². The van der Waals surface area contributed by atoms with Crippen molar-refractivity contribution in [3.05, 3.63) is 80.9 Å². The molecule has 0 aliphatic carbocycles. The molecular formula is C18H12N2O8. The van der Waals surface area contributed by atoms with Gasteiger partial charge in [0.2, 0.25) is 0 Å². The van der Waals surface area contributed by atoms with Gasteiger partial charge in [0.05, 0.1) is 9.85 Å². The molecule has 0 saturated heterocycles. The first-order valence-corrected chi connectivity index (χ1v) is 7.74. The van der Waals surface area contributed by atoms with E-state index in [1.165, 1.54) is 18.2 Å². The van der Waals surface area contributed by atoms with Crippen molar-refractivity contribution in [3.8, 4) is 34.5 Å². The second-order valence-corrected chi connectivity index (χ2v) is 5.49. The molecule has 3 rings (SSSR count). The van der Waals surface area contributed by atoms with E-state index in [1.807, 2.05) is 0 Å². The number of phenols is 2. The topological polar surface area (TPSA) is 145 Å². The molecule has 10 nitrogen and oxygen atoms in total. The van der Waals surface area contributed by atoms with Crippen LogP contribution in [-0.2, 0) is 0 Å². The molecule has 0 fully saturated rings. The highest BCUT2D eigenvalue weighted by atomic mass is 16.6. The average Bonchev–Trinajstić information content (AvgIpc) is 2.61. The Hall–Kier alpha value is -4.34. The summed E-state index contributed by atoms with van der Waals surface area (Å²) in [5.41, 5.74) is -0.884. The zero-order valence-corrected chi connectivity index (χ0v) is 14.0. The molecule has 0 heterocycles. The number of hydrogen-bond acceptors (Lipinski definition) is 8. The Bertz CT molecular complexity index is 986. The number of rotatable bonds is 6. The van der Waals surface area contributed by atoms with Crippen LogP contribution < -0.4 is 9.47 Å².